The van der Waals surface area contributed by atoms with Crippen LogP contribution in [-0.2, 0) is 16.6 Å². The molecule has 0 radical (unpaired) electrons. The number of likely N-dealkylation sites (tertiary alicyclic amines) is 1. The Kier molecular flexibility index (Phi) is 6.46. The zero-order valence-electron chi connectivity index (χ0n) is 20.5. The number of fused-ring (bicyclic) bond motifs is 2. The quantitative estimate of drug-likeness (QED) is 0.298. The number of carbonyl (C=O) groups is 1. The summed E-state index contributed by atoms with van der Waals surface area (Å²) < 4.78 is 44.2. The number of ketones is 1. The van der Waals surface area contributed by atoms with Crippen molar-refractivity contribution in [3.8, 4) is 11.1 Å². The van der Waals surface area contributed by atoms with E-state index in [0.717, 1.165) is 35.2 Å². The molecule has 2 atom stereocenters. The first-order valence-corrected chi connectivity index (χ1v) is 14.0. The Hall–Kier alpha value is -2.20. The van der Waals surface area contributed by atoms with E-state index in [2.05, 4.69) is 38.9 Å². The number of rotatable bonds is 5. The highest BCUT2D eigenvalue weighted by molar-refractivity contribution is 14.1. The predicted octanol–water partition coefficient (Wildman–Crippen LogP) is 6.71. The van der Waals surface area contributed by atoms with Crippen molar-refractivity contribution in [1.82, 2.24) is 12.9 Å². The molecule has 6 rings (SSSR count). The predicted molar refractivity (Wildman–Crippen MR) is 145 cm³/mol. The van der Waals surface area contributed by atoms with E-state index in [1.54, 1.807) is 9.09 Å². The highest BCUT2D eigenvalue weighted by atomic mass is 127. The summed E-state index contributed by atoms with van der Waals surface area (Å²) in [5.74, 6) is -2.89. The van der Waals surface area contributed by atoms with Gasteiger partial charge >= 0.3 is 0 Å². The Bertz CT molecular complexity index is 1330. The molecular weight excluding hydrogens is 590 g/mol. The summed E-state index contributed by atoms with van der Waals surface area (Å²) in [6, 6.07) is 13.4. The molecule has 1 spiro atoms. The van der Waals surface area contributed by atoms with Gasteiger partial charge in [0.1, 0.15) is 5.82 Å². The van der Waals surface area contributed by atoms with E-state index in [1.807, 2.05) is 36.5 Å². The molecule has 1 aliphatic heterocycles. The Morgan fingerprint density at radius 3 is 2.57 bits per heavy atom. The fourth-order valence-corrected chi connectivity index (χ4v) is 7.19. The molecule has 2 unspecified atom stereocenters. The lowest BCUT2D eigenvalue weighted by atomic mass is 9.79. The highest BCUT2D eigenvalue weighted by Crippen LogP contribution is 2.51. The number of alkyl halides is 2. The van der Waals surface area contributed by atoms with Gasteiger partial charge in [-0.3, -0.25) is 9.69 Å². The van der Waals surface area contributed by atoms with Gasteiger partial charge in [-0.25, -0.2) is 16.1 Å². The topological polar surface area (TPSA) is 38.1 Å². The zero-order valence-corrected chi connectivity index (χ0v) is 22.6. The Morgan fingerprint density at radius 1 is 1.05 bits per heavy atom. The maximum atomic E-state index is 15.0. The van der Waals surface area contributed by atoms with Crippen molar-refractivity contribution in [2.45, 2.75) is 68.2 Å². The molecular formula is C29H29F3IN3O. The molecule has 1 saturated carbocycles. The number of aromatic nitrogens is 2. The minimum absolute atomic E-state index is 0.0703. The molecule has 2 aromatic carbocycles. The minimum Gasteiger partial charge on any atom is -0.299 e. The number of Topliss-reactive ketones (excluding diaryl/α,β-unsaturated/α-hetero) is 1. The summed E-state index contributed by atoms with van der Waals surface area (Å²) >= 11 is 2.05. The van der Waals surface area contributed by atoms with Gasteiger partial charge in [-0.15, -0.1) is 0 Å². The second kappa shape index (κ2) is 9.52. The van der Waals surface area contributed by atoms with Crippen LogP contribution < -0.4 is 0 Å². The van der Waals surface area contributed by atoms with Crippen molar-refractivity contribution >= 4 is 28.6 Å². The molecule has 0 amide bonds. The summed E-state index contributed by atoms with van der Waals surface area (Å²) in [7, 11) is 0. The lowest BCUT2D eigenvalue weighted by Crippen LogP contribution is -2.43. The average molecular weight is 619 g/mol. The van der Waals surface area contributed by atoms with Gasteiger partial charge in [-0.2, -0.15) is 5.10 Å². The molecule has 37 heavy (non-hydrogen) atoms. The number of carbonyl (C=O) groups excluding carboxylic acids is 1. The Labute approximate surface area is 228 Å². The maximum absolute atomic E-state index is 15.0. The first-order valence-electron chi connectivity index (χ1n) is 13.0. The number of nitrogens with zero attached hydrogens (tertiary/aromatic N) is 3. The first-order chi connectivity index (χ1) is 17.8. The number of aryl methyl sites for hydroxylation is 1. The monoisotopic (exact) mass is 619 g/mol. The molecule has 3 aromatic rings. The molecule has 3 aliphatic rings. The second-order valence-electron chi connectivity index (χ2n) is 10.9. The third-order valence-corrected chi connectivity index (χ3v) is 9.31. The van der Waals surface area contributed by atoms with Gasteiger partial charge in [-0.05, 0) is 67.0 Å². The van der Waals surface area contributed by atoms with Crippen LogP contribution in [0.4, 0.5) is 13.2 Å². The standard InChI is InChI=1S/C29H29F3IN3O/c30-26-15-20(21-16-34-36(33)17-21)6-5-19(26)7-8-24-23-3-1-2-4-25(23)28(27(24)37)13-14-35(18-28)22-9-11-29(31,32)12-10-22/h1-6,15-17,22,24H,7-14,18H2. The lowest BCUT2D eigenvalue weighted by Gasteiger charge is -2.35. The molecule has 4 nitrogen and oxygen atoms in total. The summed E-state index contributed by atoms with van der Waals surface area (Å²) in [6.45, 7) is 1.36. The van der Waals surface area contributed by atoms with Crippen molar-refractivity contribution in [2.75, 3.05) is 13.1 Å². The van der Waals surface area contributed by atoms with Crippen LogP contribution in [0.25, 0.3) is 11.1 Å². The minimum atomic E-state index is -2.56. The zero-order chi connectivity index (χ0) is 25.8. The number of benzene rings is 2. The van der Waals surface area contributed by atoms with E-state index in [4.69, 9.17) is 0 Å². The van der Waals surface area contributed by atoms with Crippen LogP contribution in [-0.4, -0.2) is 43.7 Å². The van der Waals surface area contributed by atoms with E-state index in [1.165, 1.54) is 6.07 Å². The fraction of sp³-hybridized carbons (Fsp3) is 0.448. The average Bonchev–Trinajstić information content (AvgIpc) is 3.57. The fourth-order valence-electron chi connectivity index (χ4n) is 6.77. The smallest absolute Gasteiger partial charge is 0.248 e. The summed E-state index contributed by atoms with van der Waals surface area (Å²) in [6.07, 6.45) is 6.12. The molecule has 1 saturated heterocycles. The van der Waals surface area contributed by atoms with Gasteiger partial charge in [0, 0.05) is 43.1 Å². The summed E-state index contributed by atoms with van der Waals surface area (Å²) in [4.78, 5) is 16.3. The third-order valence-electron chi connectivity index (χ3n) is 8.78. The molecule has 0 bridgehead atoms. The van der Waals surface area contributed by atoms with E-state index in [9.17, 15) is 13.6 Å². The van der Waals surface area contributed by atoms with Crippen LogP contribution in [0.5, 0.6) is 0 Å². The van der Waals surface area contributed by atoms with Crippen molar-refractivity contribution in [3.63, 3.8) is 0 Å². The Balaban J connectivity index is 1.19. The van der Waals surface area contributed by atoms with Crippen molar-refractivity contribution in [1.29, 1.82) is 0 Å². The van der Waals surface area contributed by atoms with E-state index in [-0.39, 0.29) is 36.4 Å². The molecule has 194 valence electrons. The van der Waals surface area contributed by atoms with Crippen LogP contribution >= 0.6 is 22.9 Å². The first kappa shape index (κ1) is 25.1. The maximum Gasteiger partial charge on any atom is 0.248 e. The summed E-state index contributed by atoms with van der Waals surface area (Å²) in [5, 5.41) is 4.15. The normalized spacial score (nSPS) is 25.7. The SMILES string of the molecule is O=C1C(CCc2ccc(-c3cnn(I)c3)cc2F)c2ccccc2C12CCN(C1CCC(F)(F)CC1)C2. The van der Waals surface area contributed by atoms with E-state index in [0.29, 0.717) is 37.8 Å². The number of hydrogen-bond acceptors (Lipinski definition) is 3. The summed E-state index contributed by atoms with van der Waals surface area (Å²) in [5.41, 5.74) is 3.79. The lowest BCUT2D eigenvalue weighted by molar-refractivity contribution is -0.124. The molecule has 2 heterocycles. The van der Waals surface area contributed by atoms with Gasteiger partial charge in [0.05, 0.1) is 34.5 Å². The number of hydrogen-bond donors (Lipinski definition) is 0. The van der Waals surface area contributed by atoms with Gasteiger partial charge in [0.25, 0.3) is 0 Å². The van der Waals surface area contributed by atoms with E-state index < -0.39 is 11.3 Å². The van der Waals surface area contributed by atoms with Crippen LogP contribution in [0.15, 0.2) is 54.9 Å². The molecule has 2 fully saturated rings. The molecule has 1 aromatic heterocycles. The van der Waals surface area contributed by atoms with Crippen molar-refractivity contribution in [3.05, 3.63) is 77.4 Å². The van der Waals surface area contributed by atoms with Crippen LogP contribution in [0.3, 0.4) is 0 Å². The second-order valence-corrected chi connectivity index (χ2v) is 11.8. The van der Waals surface area contributed by atoms with E-state index >= 15 is 4.39 Å². The van der Waals surface area contributed by atoms with Gasteiger partial charge in [0.2, 0.25) is 5.92 Å². The largest absolute Gasteiger partial charge is 0.299 e. The van der Waals surface area contributed by atoms with Crippen molar-refractivity contribution in [2.24, 2.45) is 0 Å². The number of halogens is 4. The van der Waals surface area contributed by atoms with Crippen LogP contribution in [0.1, 0.15) is 61.1 Å². The van der Waals surface area contributed by atoms with Gasteiger partial charge in [-0.1, -0.05) is 36.4 Å². The molecule has 0 N–H and O–H groups in total. The highest BCUT2D eigenvalue weighted by Gasteiger charge is 2.55. The van der Waals surface area contributed by atoms with Gasteiger partial charge in [0.15, 0.2) is 5.78 Å². The van der Waals surface area contributed by atoms with Crippen molar-refractivity contribution < 1.29 is 18.0 Å². The molecule has 2 aliphatic carbocycles. The van der Waals surface area contributed by atoms with Gasteiger partial charge < -0.3 is 0 Å². The van der Waals surface area contributed by atoms with Crippen LogP contribution in [0.2, 0.25) is 0 Å². The molecule has 8 heteroatoms. The Morgan fingerprint density at radius 2 is 1.84 bits per heavy atom. The van der Waals surface area contributed by atoms with Crippen LogP contribution in [0, 0.1) is 5.82 Å². The third kappa shape index (κ3) is 4.54.